The summed E-state index contributed by atoms with van der Waals surface area (Å²) >= 11 is 0. The molecule has 0 bridgehead atoms. The minimum atomic E-state index is 0.633. The van der Waals surface area contributed by atoms with E-state index >= 15 is 0 Å². The first kappa shape index (κ1) is 8.02. The van der Waals surface area contributed by atoms with Gasteiger partial charge in [0.2, 0.25) is 0 Å². The van der Waals surface area contributed by atoms with Gasteiger partial charge in [0.15, 0.2) is 0 Å². The van der Waals surface area contributed by atoms with Crippen LogP contribution in [0.25, 0.3) is 0 Å². The third-order valence-corrected chi connectivity index (χ3v) is 2.63. The molecular formula is C8H18N2. The van der Waals surface area contributed by atoms with Crippen LogP contribution in [-0.2, 0) is 0 Å². The van der Waals surface area contributed by atoms with Gasteiger partial charge in [-0.15, -0.1) is 0 Å². The molecule has 0 aromatic carbocycles. The van der Waals surface area contributed by atoms with E-state index in [4.69, 9.17) is 5.73 Å². The molecule has 0 spiro atoms. The summed E-state index contributed by atoms with van der Waals surface area (Å²) < 4.78 is 0. The van der Waals surface area contributed by atoms with Crippen LogP contribution in [0.4, 0.5) is 0 Å². The molecule has 0 aliphatic carbocycles. The normalized spacial score (nSPS) is 36.3. The van der Waals surface area contributed by atoms with Crippen LogP contribution in [0.5, 0.6) is 0 Å². The first-order chi connectivity index (χ1) is 4.75. The molecule has 1 aliphatic heterocycles. The molecule has 0 saturated carbocycles. The number of hydrogen-bond acceptors (Lipinski definition) is 2. The van der Waals surface area contributed by atoms with Gasteiger partial charge < -0.3 is 10.6 Å². The fourth-order valence-electron chi connectivity index (χ4n) is 1.87. The van der Waals surface area contributed by atoms with Crippen molar-refractivity contribution in [3.05, 3.63) is 0 Å². The molecule has 0 radical (unpaired) electrons. The van der Waals surface area contributed by atoms with Crippen LogP contribution in [0.3, 0.4) is 0 Å². The number of hydrogen-bond donors (Lipinski definition) is 1. The Balaban J connectivity index is 2.45. The Morgan fingerprint density at radius 1 is 1.60 bits per heavy atom. The van der Waals surface area contributed by atoms with Gasteiger partial charge in [-0.25, -0.2) is 0 Å². The molecule has 2 nitrogen and oxygen atoms in total. The lowest BCUT2D eigenvalue weighted by molar-refractivity contribution is 0.136. The van der Waals surface area contributed by atoms with Gasteiger partial charge in [0.25, 0.3) is 0 Å². The molecule has 0 amide bonds. The second kappa shape index (κ2) is 3.35. The van der Waals surface area contributed by atoms with Crippen molar-refractivity contribution in [1.82, 2.24) is 4.90 Å². The highest BCUT2D eigenvalue weighted by molar-refractivity contribution is 4.80. The van der Waals surface area contributed by atoms with E-state index in [0.29, 0.717) is 6.04 Å². The predicted octanol–water partition coefficient (Wildman–Crippen LogP) is 0.675. The Morgan fingerprint density at radius 3 is 2.70 bits per heavy atom. The van der Waals surface area contributed by atoms with E-state index < -0.39 is 0 Å². The third kappa shape index (κ3) is 1.50. The zero-order valence-corrected chi connectivity index (χ0v) is 7.01. The monoisotopic (exact) mass is 142 g/mol. The molecule has 1 heterocycles. The molecule has 2 heteroatoms. The van der Waals surface area contributed by atoms with Crippen LogP contribution < -0.4 is 5.73 Å². The Labute approximate surface area is 63.4 Å². The first-order valence-electron chi connectivity index (χ1n) is 4.16. The molecule has 10 heavy (non-hydrogen) atoms. The predicted molar refractivity (Wildman–Crippen MR) is 43.9 cm³/mol. The van der Waals surface area contributed by atoms with Crippen molar-refractivity contribution in [3.63, 3.8) is 0 Å². The van der Waals surface area contributed by atoms with Gasteiger partial charge in [-0.05, 0) is 32.4 Å². The Morgan fingerprint density at radius 2 is 2.30 bits per heavy atom. The van der Waals surface area contributed by atoms with Crippen molar-refractivity contribution in [3.8, 4) is 0 Å². The average Bonchev–Trinajstić information content (AvgIpc) is 1.88. The maximum absolute atomic E-state index is 5.64. The van der Waals surface area contributed by atoms with Crippen molar-refractivity contribution in [1.29, 1.82) is 0 Å². The summed E-state index contributed by atoms with van der Waals surface area (Å²) in [5.41, 5.74) is 5.64. The summed E-state index contributed by atoms with van der Waals surface area (Å²) in [5.74, 6) is 0.795. The minimum Gasteiger partial charge on any atom is -0.329 e. The first-order valence-corrected chi connectivity index (χ1v) is 4.16. The van der Waals surface area contributed by atoms with E-state index in [1.807, 2.05) is 0 Å². The highest BCUT2D eigenvalue weighted by Gasteiger charge is 2.23. The van der Waals surface area contributed by atoms with Crippen LogP contribution in [0.15, 0.2) is 0 Å². The summed E-state index contributed by atoms with van der Waals surface area (Å²) in [7, 11) is 2.17. The van der Waals surface area contributed by atoms with Gasteiger partial charge in [0.1, 0.15) is 0 Å². The second-order valence-electron chi connectivity index (χ2n) is 3.40. The fourth-order valence-corrected chi connectivity index (χ4v) is 1.87. The molecule has 1 saturated heterocycles. The number of rotatable bonds is 1. The molecule has 1 rings (SSSR count). The second-order valence-corrected chi connectivity index (χ2v) is 3.40. The summed E-state index contributed by atoms with van der Waals surface area (Å²) in [6, 6.07) is 0.633. The fraction of sp³-hybridized carbons (Fsp3) is 1.00. The summed E-state index contributed by atoms with van der Waals surface area (Å²) in [4.78, 5) is 2.38. The Kier molecular flexibility index (Phi) is 2.69. The smallest absolute Gasteiger partial charge is 0.0240 e. The van der Waals surface area contributed by atoms with Crippen molar-refractivity contribution < 1.29 is 0 Å². The lowest BCUT2D eigenvalue weighted by atomic mass is 9.91. The van der Waals surface area contributed by atoms with Crippen LogP contribution >= 0.6 is 0 Å². The number of nitrogens with two attached hydrogens (primary N) is 1. The van der Waals surface area contributed by atoms with Gasteiger partial charge >= 0.3 is 0 Å². The van der Waals surface area contributed by atoms with E-state index in [9.17, 15) is 0 Å². The minimum absolute atomic E-state index is 0.633. The molecule has 0 aromatic rings. The van der Waals surface area contributed by atoms with Crippen molar-refractivity contribution in [2.45, 2.75) is 25.8 Å². The molecule has 2 atom stereocenters. The van der Waals surface area contributed by atoms with Crippen LogP contribution in [0.1, 0.15) is 19.8 Å². The average molecular weight is 142 g/mol. The highest BCUT2D eigenvalue weighted by atomic mass is 15.1. The Hall–Kier alpha value is -0.0800. The molecular weight excluding hydrogens is 124 g/mol. The highest BCUT2D eigenvalue weighted by Crippen LogP contribution is 2.20. The Bertz CT molecular complexity index is 93.4. The summed E-state index contributed by atoms with van der Waals surface area (Å²) in [6.45, 7) is 4.34. The third-order valence-electron chi connectivity index (χ3n) is 2.63. The van der Waals surface area contributed by atoms with E-state index in [2.05, 4.69) is 18.9 Å². The standard InChI is InChI=1S/C8H18N2/c1-7-4-3-5-10(2)8(7)6-9/h7-8H,3-6,9H2,1-2H3/t7-,8+/m0/s1. The molecule has 0 unspecified atom stereocenters. The van der Waals surface area contributed by atoms with Crippen LogP contribution in [-0.4, -0.2) is 31.1 Å². The number of likely N-dealkylation sites (N-methyl/N-ethyl adjacent to an activating group) is 1. The van der Waals surface area contributed by atoms with Gasteiger partial charge in [0.05, 0.1) is 0 Å². The van der Waals surface area contributed by atoms with Gasteiger partial charge in [0, 0.05) is 12.6 Å². The quantitative estimate of drug-likeness (QED) is 0.583. The lowest BCUT2D eigenvalue weighted by Crippen LogP contribution is -2.46. The maximum Gasteiger partial charge on any atom is 0.0240 e. The van der Waals surface area contributed by atoms with Crippen molar-refractivity contribution in [2.75, 3.05) is 20.1 Å². The van der Waals surface area contributed by atoms with Crippen LogP contribution in [0.2, 0.25) is 0 Å². The molecule has 60 valence electrons. The van der Waals surface area contributed by atoms with Gasteiger partial charge in [-0.3, -0.25) is 0 Å². The summed E-state index contributed by atoms with van der Waals surface area (Å²) in [5, 5.41) is 0. The maximum atomic E-state index is 5.64. The molecule has 0 aromatic heterocycles. The SMILES string of the molecule is C[C@H]1CCCN(C)[C@@H]1CN. The van der Waals surface area contributed by atoms with E-state index in [1.165, 1.54) is 19.4 Å². The van der Waals surface area contributed by atoms with E-state index in [-0.39, 0.29) is 0 Å². The van der Waals surface area contributed by atoms with Crippen LogP contribution in [0, 0.1) is 5.92 Å². The number of piperidine rings is 1. The van der Waals surface area contributed by atoms with E-state index in [1.54, 1.807) is 0 Å². The molecule has 2 N–H and O–H groups in total. The largest absolute Gasteiger partial charge is 0.329 e. The molecule has 1 aliphatic rings. The molecule has 1 fully saturated rings. The number of likely N-dealkylation sites (tertiary alicyclic amines) is 1. The van der Waals surface area contributed by atoms with E-state index in [0.717, 1.165) is 12.5 Å². The number of nitrogens with zero attached hydrogens (tertiary/aromatic N) is 1. The van der Waals surface area contributed by atoms with Crippen molar-refractivity contribution >= 4 is 0 Å². The zero-order chi connectivity index (χ0) is 7.56. The zero-order valence-electron chi connectivity index (χ0n) is 7.01. The lowest BCUT2D eigenvalue weighted by Gasteiger charge is -2.36. The summed E-state index contributed by atoms with van der Waals surface area (Å²) in [6.07, 6.45) is 2.69. The van der Waals surface area contributed by atoms with Crippen molar-refractivity contribution in [2.24, 2.45) is 11.7 Å². The van der Waals surface area contributed by atoms with Gasteiger partial charge in [-0.2, -0.15) is 0 Å². The van der Waals surface area contributed by atoms with Gasteiger partial charge in [-0.1, -0.05) is 6.92 Å². The topological polar surface area (TPSA) is 29.3 Å².